The second-order valence-electron chi connectivity index (χ2n) is 8.22. The Morgan fingerprint density at radius 2 is 1.91 bits per heavy atom. The quantitative estimate of drug-likeness (QED) is 0.550. The third-order valence-corrected chi connectivity index (χ3v) is 7.48. The predicted molar refractivity (Wildman–Crippen MR) is 88.5 cm³/mol. The minimum Gasteiger partial charge on any atom is -0.462 e. The van der Waals surface area contributed by atoms with Crippen molar-refractivity contribution in [1.29, 1.82) is 0 Å². The van der Waals surface area contributed by atoms with Gasteiger partial charge in [-0.25, -0.2) is 0 Å². The molecule has 4 fully saturated rings. The summed E-state index contributed by atoms with van der Waals surface area (Å²) in [4.78, 5) is 11.7. The van der Waals surface area contributed by atoms with E-state index in [1.54, 1.807) is 0 Å². The van der Waals surface area contributed by atoms with Gasteiger partial charge in [-0.3, -0.25) is 4.79 Å². The largest absolute Gasteiger partial charge is 0.462 e. The van der Waals surface area contributed by atoms with Crippen LogP contribution in [0.25, 0.3) is 0 Å². The van der Waals surface area contributed by atoms with Crippen LogP contribution < -0.4 is 0 Å². The third kappa shape index (κ3) is 2.75. The van der Waals surface area contributed by atoms with Gasteiger partial charge in [0.25, 0.3) is 0 Å². The maximum absolute atomic E-state index is 11.6. The van der Waals surface area contributed by atoms with Gasteiger partial charge in [0, 0.05) is 24.1 Å². The Bertz CT molecular complexity index is 509. The van der Waals surface area contributed by atoms with Crippen molar-refractivity contribution in [3.05, 3.63) is 0 Å². The Balaban J connectivity index is 2.02. The van der Waals surface area contributed by atoms with Crippen molar-refractivity contribution >= 4 is 21.9 Å². The zero-order valence-corrected chi connectivity index (χ0v) is 16.1. The summed E-state index contributed by atoms with van der Waals surface area (Å²) in [7, 11) is 0. The molecule has 6 heteroatoms. The highest BCUT2D eigenvalue weighted by molar-refractivity contribution is 9.09. The monoisotopic (exact) mass is 390 g/mol. The molecule has 4 aliphatic rings. The Morgan fingerprint density at radius 1 is 1.26 bits per heavy atom. The molecule has 3 aliphatic heterocycles. The van der Waals surface area contributed by atoms with Crippen LogP contribution in [0, 0.1) is 5.92 Å². The molecular formula is C17H27BrO5. The molecule has 2 bridgehead atoms. The van der Waals surface area contributed by atoms with Gasteiger partial charge in [-0.2, -0.15) is 0 Å². The van der Waals surface area contributed by atoms with E-state index in [1.807, 2.05) is 13.8 Å². The molecule has 1 saturated carbocycles. The summed E-state index contributed by atoms with van der Waals surface area (Å²) in [5, 5.41) is 10.6. The third-order valence-electron chi connectivity index (χ3n) is 6.00. The fraction of sp³-hybridized carbons (Fsp3) is 0.941. The number of carbonyl (C=O) groups excluding carboxylic acids is 1. The number of hydrogen-bond donors (Lipinski definition) is 1. The lowest BCUT2D eigenvalue weighted by Gasteiger charge is -2.53. The van der Waals surface area contributed by atoms with Gasteiger partial charge in [0.05, 0.1) is 29.0 Å². The van der Waals surface area contributed by atoms with Gasteiger partial charge < -0.3 is 19.3 Å². The number of alkyl halides is 1. The van der Waals surface area contributed by atoms with Crippen molar-refractivity contribution in [2.45, 2.75) is 93.8 Å². The number of hydrogen-bond acceptors (Lipinski definition) is 5. The molecule has 132 valence electrons. The van der Waals surface area contributed by atoms with E-state index in [-0.39, 0.29) is 34.5 Å². The van der Waals surface area contributed by atoms with Crippen LogP contribution in [0.2, 0.25) is 0 Å². The lowest BCUT2D eigenvalue weighted by molar-refractivity contribution is -0.251. The molecule has 5 nitrogen and oxygen atoms in total. The summed E-state index contributed by atoms with van der Waals surface area (Å²) in [6.07, 6.45) is 0.800. The van der Waals surface area contributed by atoms with Crippen molar-refractivity contribution in [3.63, 3.8) is 0 Å². The average Bonchev–Trinajstić information content (AvgIpc) is 2.50. The van der Waals surface area contributed by atoms with Gasteiger partial charge >= 0.3 is 5.97 Å². The highest BCUT2D eigenvalue weighted by Gasteiger charge is 2.64. The van der Waals surface area contributed by atoms with E-state index in [0.717, 1.165) is 6.42 Å². The minimum absolute atomic E-state index is 0.0822. The molecule has 3 heterocycles. The number of esters is 1. The van der Waals surface area contributed by atoms with Crippen molar-refractivity contribution in [2.75, 3.05) is 0 Å². The second kappa shape index (κ2) is 5.41. The first-order valence-corrected chi connectivity index (χ1v) is 9.27. The Hall–Kier alpha value is -0.170. The number of halogens is 1. The summed E-state index contributed by atoms with van der Waals surface area (Å²) in [5.74, 6) is -0.379. The fourth-order valence-electron chi connectivity index (χ4n) is 4.59. The summed E-state index contributed by atoms with van der Waals surface area (Å²) < 4.78 is 18.5. The number of carbonyl (C=O) groups is 1. The highest BCUT2D eigenvalue weighted by Crippen LogP contribution is 2.55. The molecule has 4 rings (SSSR count). The van der Waals surface area contributed by atoms with Gasteiger partial charge in [-0.15, -0.1) is 0 Å². The second-order valence-corrected chi connectivity index (χ2v) is 9.33. The van der Waals surface area contributed by atoms with Crippen molar-refractivity contribution in [1.82, 2.24) is 0 Å². The first-order valence-electron chi connectivity index (χ1n) is 8.35. The summed E-state index contributed by atoms with van der Waals surface area (Å²) >= 11 is 3.72. The fourth-order valence-corrected chi connectivity index (χ4v) is 5.03. The summed E-state index contributed by atoms with van der Waals surface area (Å²) in [6, 6.07) is 0. The average molecular weight is 391 g/mol. The molecule has 23 heavy (non-hydrogen) atoms. The molecule has 0 spiro atoms. The van der Waals surface area contributed by atoms with Crippen molar-refractivity contribution in [2.24, 2.45) is 5.92 Å². The first-order chi connectivity index (χ1) is 10.5. The van der Waals surface area contributed by atoms with Crippen LogP contribution in [0.1, 0.15) is 53.9 Å². The Kier molecular flexibility index (Phi) is 4.15. The van der Waals surface area contributed by atoms with Gasteiger partial charge in [0.1, 0.15) is 6.10 Å². The molecule has 1 aliphatic carbocycles. The lowest BCUT2D eigenvalue weighted by Crippen LogP contribution is -2.62. The van der Waals surface area contributed by atoms with Crippen LogP contribution >= 0.6 is 15.9 Å². The van der Waals surface area contributed by atoms with Crippen LogP contribution in [-0.2, 0) is 19.0 Å². The van der Waals surface area contributed by atoms with E-state index in [0.29, 0.717) is 12.8 Å². The molecule has 7 unspecified atom stereocenters. The Morgan fingerprint density at radius 3 is 2.52 bits per heavy atom. The molecule has 7 atom stereocenters. The van der Waals surface area contributed by atoms with Gasteiger partial charge in [-0.1, -0.05) is 15.9 Å². The molecule has 3 saturated heterocycles. The number of fused-ring (bicyclic) bond motifs is 2. The van der Waals surface area contributed by atoms with Gasteiger partial charge in [0.15, 0.2) is 0 Å². The van der Waals surface area contributed by atoms with Crippen molar-refractivity contribution < 1.29 is 24.1 Å². The highest BCUT2D eigenvalue weighted by atomic mass is 79.9. The van der Waals surface area contributed by atoms with E-state index in [1.165, 1.54) is 6.92 Å². The van der Waals surface area contributed by atoms with Crippen LogP contribution in [-0.4, -0.2) is 51.0 Å². The molecular weight excluding hydrogens is 364 g/mol. The first kappa shape index (κ1) is 17.6. The summed E-state index contributed by atoms with van der Waals surface area (Å²) in [6.45, 7) is 9.51. The molecule has 0 radical (unpaired) electrons. The van der Waals surface area contributed by atoms with E-state index < -0.39 is 17.3 Å². The SMILES string of the molecule is CC(=O)OC1CC2(C)OC3CC(Br)C(C)(C)OC3(C)C1CC2O. The number of rotatable bonds is 1. The molecule has 0 aromatic carbocycles. The zero-order chi connectivity index (χ0) is 17.2. The van der Waals surface area contributed by atoms with Gasteiger partial charge in [0.2, 0.25) is 0 Å². The predicted octanol–water partition coefficient (Wildman–Crippen LogP) is 2.57. The number of aliphatic hydroxyl groups is 1. The van der Waals surface area contributed by atoms with E-state index in [9.17, 15) is 9.90 Å². The van der Waals surface area contributed by atoms with Crippen LogP contribution in [0.3, 0.4) is 0 Å². The molecule has 0 aromatic rings. The molecule has 0 aromatic heterocycles. The topological polar surface area (TPSA) is 65.0 Å². The maximum Gasteiger partial charge on any atom is 0.302 e. The van der Waals surface area contributed by atoms with Crippen molar-refractivity contribution in [3.8, 4) is 0 Å². The van der Waals surface area contributed by atoms with E-state index in [4.69, 9.17) is 14.2 Å². The number of aliphatic hydroxyl groups excluding tert-OH is 1. The number of ether oxygens (including phenoxy) is 3. The lowest BCUT2D eigenvalue weighted by atomic mass is 9.68. The minimum atomic E-state index is -0.712. The van der Waals surface area contributed by atoms with Crippen LogP contribution in [0.5, 0.6) is 0 Å². The summed E-state index contributed by atoms with van der Waals surface area (Å²) in [5.41, 5.74) is -1.66. The standard InChI is InChI=1S/C17H27BrO5/c1-9(19)21-11-8-16(4)13(20)6-10(11)17(5)14(22-16)7-12(18)15(2,3)23-17/h10-14,20H,6-8H2,1-5H3. The zero-order valence-electron chi connectivity index (χ0n) is 14.5. The maximum atomic E-state index is 11.6. The van der Waals surface area contributed by atoms with Crippen LogP contribution in [0.4, 0.5) is 0 Å². The Labute approximate surface area is 146 Å². The van der Waals surface area contributed by atoms with E-state index >= 15 is 0 Å². The van der Waals surface area contributed by atoms with Gasteiger partial charge in [-0.05, 0) is 40.5 Å². The van der Waals surface area contributed by atoms with Crippen LogP contribution in [0.15, 0.2) is 0 Å². The normalized spacial score (nSPS) is 51.7. The molecule has 1 N–H and O–H groups in total. The van der Waals surface area contributed by atoms with E-state index in [2.05, 4.69) is 29.8 Å². The molecule has 0 amide bonds. The smallest absolute Gasteiger partial charge is 0.302 e.